The molecule has 19 heavy (non-hydrogen) atoms. The van der Waals surface area contributed by atoms with Gasteiger partial charge in [0.2, 0.25) is 0 Å². The summed E-state index contributed by atoms with van der Waals surface area (Å²) in [5.74, 6) is 0. The van der Waals surface area contributed by atoms with Gasteiger partial charge in [-0.1, -0.05) is 48.8 Å². The number of nitrogens with zero attached hydrogens (tertiary/aromatic N) is 1. The lowest BCUT2D eigenvalue weighted by molar-refractivity contribution is 0.134. The van der Waals surface area contributed by atoms with Crippen LogP contribution in [0.5, 0.6) is 0 Å². The lowest BCUT2D eigenvalue weighted by Crippen LogP contribution is -2.38. The van der Waals surface area contributed by atoms with Crippen LogP contribution in [0.4, 0.5) is 0 Å². The standard InChI is InChI=1S/C16H27BrN2/c1-12(16(2,3)4)19(6)11-14-8-7-13(10-18-5)9-15(14)17/h7-9,12,18H,10-11H2,1-6H3. The van der Waals surface area contributed by atoms with Gasteiger partial charge in [0.05, 0.1) is 0 Å². The van der Waals surface area contributed by atoms with Crippen molar-refractivity contribution in [3.8, 4) is 0 Å². The van der Waals surface area contributed by atoms with Crippen molar-refractivity contribution < 1.29 is 0 Å². The number of hydrogen-bond acceptors (Lipinski definition) is 2. The smallest absolute Gasteiger partial charge is 0.0244 e. The van der Waals surface area contributed by atoms with Gasteiger partial charge in [0.25, 0.3) is 0 Å². The van der Waals surface area contributed by atoms with Crippen molar-refractivity contribution in [3.05, 3.63) is 33.8 Å². The first-order valence-electron chi connectivity index (χ1n) is 6.88. The number of nitrogens with one attached hydrogen (secondary N) is 1. The number of benzene rings is 1. The van der Waals surface area contributed by atoms with Gasteiger partial charge in [-0.3, -0.25) is 4.90 Å². The zero-order valence-corrected chi connectivity index (χ0v) is 14.6. The quantitative estimate of drug-likeness (QED) is 0.878. The van der Waals surface area contributed by atoms with Crippen molar-refractivity contribution in [2.75, 3.05) is 14.1 Å². The normalized spacial score (nSPS) is 13.9. The monoisotopic (exact) mass is 326 g/mol. The first-order valence-corrected chi connectivity index (χ1v) is 7.67. The Morgan fingerprint density at radius 1 is 1.32 bits per heavy atom. The molecule has 0 heterocycles. The van der Waals surface area contributed by atoms with Gasteiger partial charge in [-0.15, -0.1) is 0 Å². The Balaban J connectivity index is 2.77. The summed E-state index contributed by atoms with van der Waals surface area (Å²) in [6.07, 6.45) is 0. The van der Waals surface area contributed by atoms with Crippen molar-refractivity contribution >= 4 is 15.9 Å². The van der Waals surface area contributed by atoms with Gasteiger partial charge in [0.15, 0.2) is 0 Å². The second kappa shape index (κ2) is 6.87. The SMILES string of the molecule is CNCc1ccc(CN(C)C(C)C(C)(C)C)c(Br)c1. The molecule has 1 N–H and O–H groups in total. The van der Waals surface area contributed by atoms with E-state index in [0.29, 0.717) is 11.5 Å². The molecule has 1 unspecified atom stereocenters. The highest BCUT2D eigenvalue weighted by molar-refractivity contribution is 9.10. The first-order chi connectivity index (χ1) is 8.75. The summed E-state index contributed by atoms with van der Waals surface area (Å²) in [5, 5.41) is 3.18. The maximum atomic E-state index is 3.69. The number of rotatable bonds is 5. The molecule has 0 aliphatic heterocycles. The molecule has 0 saturated carbocycles. The Morgan fingerprint density at radius 3 is 2.42 bits per heavy atom. The second-order valence-corrected chi connectivity index (χ2v) is 7.27. The van der Waals surface area contributed by atoms with E-state index >= 15 is 0 Å². The predicted octanol–water partition coefficient (Wildman–Crippen LogP) is 4.03. The third-order valence-electron chi connectivity index (χ3n) is 3.83. The Bertz CT molecular complexity index is 410. The van der Waals surface area contributed by atoms with Crippen LogP contribution in [-0.2, 0) is 13.1 Å². The highest BCUT2D eigenvalue weighted by Gasteiger charge is 2.24. The van der Waals surface area contributed by atoms with E-state index in [4.69, 9.17) is 0 Å². The number of hydrogen-bond donors (Lipinski definition) is 1. The maximum absolute atomic E-state index is 3.69. The largest absolute Gasteiger partial charge is 0.316 e. The zero-order chi connectivity index (χ0) is 14.6. The highest BCUT2D eigenvalue weighted by atomic mass is 79.9. The maximum Gasteiger partial charge on any atom is 0.0244 e. The van der Waals surface area contributed by atoms with Crippen LogP contribution in [0.3, 0.4) is 0 Å². The van der Waals surface area contributed by atoms with E-state index in [9.17, 15) is 0 Å². The molecule has 0 aliphatic carbocycles. The van der Waals surface area contributed by atoms with Crippen LogP contribution in [-0.4, -0.2) is 25.0 Å². The first kappa shape index (κ1) is 16.7. The summed E-state index contributed by atoms with van der Waals surface area (Å²) in [7, 11) is 4.17. The van der Waals surface area contributed by atoms with Crippen molar-refractivity contribution in [3.63, 3.8) is 0 Å². The van der Waals surface area contributed by atoms with Gasteiger partial charge in [-0.05, 0) is 43.6 Å². The molecule has 0 bridgehead atoms. The molecule has 1 aromatic carbocycles. The Labute approximate surface area is 126 Å². The second-order valence-electron chi connectivity index (χ2n) is 6.41. The van der Waals surface area contributed by atoms with Gasteiger partial charge in [0, 0.05) is 23.6 Å². The molecule has 1 rings (SSSR count). The molecule has 3 heteroatoms. The molecule has 0 spiro atoms. The van der Waals surface area contributed by atoms with Crippen molar-refractivity contribution in [2.45, 2.75) is 46.8 Å². The van der Waals surface area contributed by atoms with Gasteiger partial charge >= 0.3 is 0 Å². The molecule has 0 fully saturated rings. The van der Waals surface area contributed by atoms with Gasteiger partial charge in [-0.2, -0.15) is 0 Å². The minimum absolute atomic E-state index is 0.299. The summed E-state index contributed by atoms with van der Waals surface area (Å²) >= 11 is 3.69. The van der Waals surface area contributed by atoms with E-state index in [1.54, 1.807) is 0 Å². The topological polar surface area (TPSA) is 15.3 Å². The van der Waals surface area contributed by atoms with Crippen LogP contribution in [0, 0.1) is 5.41 Å². The third kappa shape index (κ3) is 4.90. The minimum atomic E-state index is 0.299. The fourth-order valence-corrected chi connectivity index (χ4v) is 2.65. The average molecular weight is 327 g/mol. The van der Waals surface area contributed by atoms with Crippen LogP contribution in [0.2, 0.25) is 0 Å². The van der Waals surface area contributed by atoms with E-state index in [1.807, 2.05) is 7.05 Å². The average Bonchev–Trinajstić information content (AvgIpc) is 2.30. The fraction of sp³-hybridized carbons (Fsp3) is 0.625. The summed E-state index contributed by atoms with van der Waals surface area (Å²) < 4.78 is 1.20. The van der Waals surface area contributed by atoms with Gasteiger partial charge in [-0.25, -0.2) is 0 Å². The summed E-state index contributed by atoms with van der Waals surface area (Å²) in [4.78, 5) is 2.41. The molecular weight excluding hydrogens is 300 g/mol. The van der Waals surface area contributed by atoms with Crippen molar-refractivity contribution in [1.29, 1.82) is 0 Å². The van der Waals surface area contributed by atoms with E-state index in [0.717, 1.165) is 13.1 Å². The Kier molecular flexibility index (Phi) is 6.03. The molecule has 0 radical (unpaired) electrons. The van der Waals surface area contributed by atoms with Crippen molar-refractivity contribution in [1.82, 2.24) is 10.2 Å². The van der Waals surface area contributed by atoms with Gasteiger partial charge < -0.3 is 5.32 Å². The van der Waals surface area contributed by atoms with E-state index in [-0.39, 0.29) is 0 Å². The van der Waals surface area contributed by atoms with Gasteiger partial charge in [0.1, 0.15) is 0 Å². The summed E-state index contributed by atoms with van der Waals surface area (Å²) in [5.41, 5.74) is 2.95. The molecule has 1 aromatic rings. The van der Waals surface area contributed by atoms with Crippen molar-refractivity contribution in [2.24, 2.45) is 5.41 Å². The minimum Gasteiger partial charge on any atom is -0.316 e. The summed E-state index contributed by atoms with van der Waals surface area (Å²) in [6.45, 7) is 11.0. The van der Waals surface area contributed by atoms with Crippen LogP contribution >= 0.6 is 15.9 Å². The number of halogens is 1. The van der Waals surface area contributed by atoms with Crippen LogP contribution in [0.1, 0.15) is 38.8 Å². The molecule has 0 aliphatic rings. The molecule has 2 nitrogen and oxygen atoms in total. The molecular formula is C16H27BrN2. The molecule has 0 amide bonds. The highest BCUT2D eigenvalue weighted by Crippen LogP contribution is 2.26. The fourth-order valence-electron chi connectivity index (χ4n) is 2.10. The molecule has 1 atom stereocenters. The van der Waals surface area contributed by atoms with E-state index in [1.165, 1.54) is 15.6 Å². The summed E-state index contributed by atoms with van der Waals surface area (Å²) in [6, 6.07) is 7.17. The Hall–Kier alpha value is -0.380. The van der Waals surface area contributed by atoms with Crippen LogP contribution in [0.15, 0.2) is 22.7 Å². The lowest BCUT2D eigenvalue weighted by atomic mass is 9.87. The Morgan fingerprint density at radius 2 is 1.95 bits per heavy atom. The molecule has 0 saturated heterocycles. The van der Waals surface area contributed by atoms with E-state index in [2.05, 4.69) is 79.1 Å². The molecule has 108 valence electrons. The van der Waals surface area contributed by atoms with Crippen LogP contribution < -0.4 is 5.32 Å². The predicted molar refractivity (Wildman–Crippen MR) is 87.3 cm³/mol. The van der Waals surface area contributed by atoms with Crippen LogP contribution in [0.25, 0.3) is 0 Å². The molecule has 0 aromatic heterocycles. The lowest BCUT2D eigenvalue weighted by Gasteiger charge is -2.35. The zero-order valence-electron chi connectivity index (χ0n) is 13.0. The third-order valence-corrected chi connectivity index (χ3v) is 4.57. The van der Waals surface area contributed by atoms with E-state index < -0.39 is 0 Å².